The van der Waals surface area contributed by atoms with Gasteiger partial charge in [0.2, 0.25) is 11.1 Å². The lowest BCUT2D eigenvalue weighted by Gasteiger charge is -2.18. The lowest BCUT2D eigenvalue weighted by Crippen LogP contribution is -2.32. The summed E-state index contributed by atoms with van der Waals surface area (Å²) in [6.45, 7) is 2.24. The van der Waals surface area contributed by atoms with E-state index in [1.165, 1.54) is 0 Å². The summed E-state index contributed by atoms with van der Waals surface area (Å²) in [6, 6.07) is 17.3. The summed E-state index contributed by atoms with van der Waals surface area (Å²) in [6.07, 6.45) is 0.680. The molecule has 0 N–H and O–H groups in total. The van der Waals surface area contributed by atoms with E-state index in [2.05, 4.69) is 0 Å². The molecule has 1 unspecified atom stereocenters. The molecule has 2 rings (SSSR count). The maximum Gasteiger partial charge on any atom is 0.279 e. The van der Waals surface area contributed by atoms with Gasteiger partial charge in [-0.1, -0.05) is 48.3 Å². The second-order valence-electron chi connectivity index (χ2n) is 4.46. The largest absolute Gasteiger partial charge is 0.279 e. The summed E-state index contributed by atoms with van der Waals surface area (Å²) in [7, 11) is 0. The third-order valence-electron chi connectivity index (χ3n) is 2.79. The Morgan fingerprint density at radius 3 is 2.23 bits per heavy atom. The van der Waals surface area contributed by atoms with Crippen molar-refractivity contribution >= 4 is 17.0 Å². The van der Waals surface area contributed by atoms with Crippen molar-refractivity contribution in [1.29, 1.82) is 0 Å². The normalized spacial score (nSPS) is 11.9. The zero-order chi connectivity index (χ0) is 15.8. The van der Waals surface area contributed by atoms with Gasteiger partial charge in [0.25, 0.3) is 5.91 Å². The third kappa shape index (κ3) is 4.49. The molecule has 22 heavy (non-hydrogen) atoms. The molecule has 0 bridgehead atoms. The molecular formula is C16H17NO4S. The molecule has 2 aromatic carbocycles. The summed E-state index contributed by atoms with van der Waals surface area (Å²) >= 11 is -1.80. The Kier molecular flexibility index (Phi) is 6.27. The predicted molar refractivity (Wildman–Crippen MR) is 82.8 cm³/mol. The Labute approximate surface area is 132 Å². The van der Waals surface area contributed by atoms with Crippen LogP contribution in [0.15, 0.2) is 65.6 Å². The standard InChI is InChI=1S/C16H17NO4S/c1-2-13-17(16(18)14-9-5-3-6-10-14)20-21-22(19)15-11-7-4-8-12-15/h3-12H,2,13H2,1H3. The number of rotatable bonds is 7. The van der Waals surface area contributed by atoms with E-state index in [9.17, 15) is 9.00 Å². The summed E-state index contributed by atoms with van der Waals surface area (Å²) < 4.78 is 16.8. The Morgan fingerprint density at radius 1 is 1.05 bits per heavy atom. The number of carbonyl (C=O) groups is 1. The molecule has 5 nitrogen and oxygen atoms in total. The fraction of sp³-hybridized carbons (Fsp3) is 0.188. The quantitative estimate of drug-likeness (QED) is 0.581. The minimum Gasteiger partial charge on any atom is -0.267 e. The van der Waals surface area contributed by atoms with Gasteiger partial charge >= 0.3 is 0 Å². The van der Waals surface area contributed by atoms with Crippen LogP contribution in [0.1, 0.15) is 23.7 Å². The van der Waals surface area contributed by atoms with Gasteiger partial charge in [0.1, 0.15) is 0 Å². The topological polar surface area (TPSA) is 55.8 Å². The van der Waals surface area contributed by atoms with Gasteiger partial charge in [-0.05, 0) is 30.7 Å². The molecule has 0 aliphatic rings. The first-order valence-corrected chi connectivity index (χ1v) is 7.98. The van der Waals surface area contributed by atoms with Crippen LogP contribution in [0.3, 0.4) is 0 Å². The van der Waals surface area contributed by atoms with Gasteiger partial charge in [0.15, 0.2) is 0 Å². The lowest BCUT2D eigenvalue weighted by molar-refractivity contribution is -0.337. The first-order valence-electron chi connectivity index (χ1n) is 6.91. The van der Waals surface area contributed by atoms with Crippen LogP contribution < -0.4 is 0 Å². The summed E-state index contributed by atoms with van der Waals surface area (Å²) in [5.41, 5.74) is 0.477. The molecule has 0 aliphatic heterocycles. The van der Waals surface area contributed by atoms with Gasteiger partial charge in [-0.15, -0.1) is 4.33 Å². The molecule has 0 heterocycles. The zero-order valence-electron chi connectivity index (χ0n) is 12.2. The van der Waals surface area contributed by atoms with Crippen molar-refractivity contribution in [1.82, 2.24) is 5.06 Å². The monoisotopic (exact) mass is 319 g/mol. The minimum atomic E-state index is -1.80. The smallest absolute Gasteiger partial charge is 0.267 e. The zero-order valence-corrected chi connectivity index (χ0v) is 13.0. The van der Waals surface area contributed by atoms with E-state index >= 15 is 0 Å². The molecule has 0 aromatic heterocycles. The van der Waals surface area contributed by atoms with Gasteiger partial charge in [-0.2, -0.15) is 5.06 Å². The number of benzene rings is 2. The van der Waals surface area contributed by atoms with Crippen molar-refractivity contribution in [2.24, 2.45) is 0 Å². The highest BCUT2D eigenvalue weighted by molar-refractivity contribution is 7.80. The highest BCUT2D eigenvalue weighted by Gasteiger charge is 2.18. The third-order valence-corrected chi connectivity index (χ3v) is 3.63. The first-order chi connectivity index (χ1) is 10.7. The molecule has 1 atom stereocenters. The van der Waals surface area contributed by atoms with Crippen LogP contribution in [0.4, 0.5) is 0 Å². The molecule has 0 fully saturated rings. The number of hydrogen-bond acceptors (Lipinski definition) is 4. The molecule has 116 valence electrons. The van der Waals surface area contributed by atoms with Crippen LogP contribution in [-0.4, -0.2) is 21.7 Å². The number of hydroxylamine groups is 2. The van der Waals surface area contributed by atoms with Crippen molar-refractivity contribution in [2.45, 2.75) is 18.2 Å². The highest BCUT2D eigenvalue weighted by atomic mass is 32.2. The Hall–Kier alpha value is -2.02. The van der Waals surface area contributed by atoms with E-state index in [0.717, 1.165) is 5.06 Å². The summed E-state index contributed by atoms with van der Waals surface area (Å²) in [5.74, 6) is -0.340. The molecular weight excluding hydrogens is 302 g/mol. The van der Waals surface area contributed by atoms with Gasteiger partial charge in [-0.3, -0.25) is 4.79 Å². The van der Waals surface area contributed by atoms with Crippen molar-refractivity contribution in [3.8, 4) is 0 Å². The lowest BCUT2D eigenvalue weighted by atomic mass is 10.2. The van der Waals surface area contributed by atoms with Crippen LogP contribution in [0, 0.1) is 0 Å². The van der Waals surface area contributed by atoms with E-state index in [1.54, 1.807) is 48.5 Å². The molecule has 2 aromatic rings. The average molecular weight is 319 g/mol. The SMILES string of the molecule is CCCN(OOS(=O)c1ccccc1)C(=O)c1ccccc1. The maximum atomic E-state index is 12.3. The van der Waals surface area contributed by atoms with Crippen molar-refractivity contribution in [3.05, 3.63) is 66.2 Å². The van der Waals surface area contributed by atoms with E-state index in [-0.39, 0.29) is 5.91 Å². The maximum absolute atomic E-state index is 12.3. The van der Waals surface area contributed by atoms with E-state index < -0.39 is 11.1 Å². The molecule has 1 amide bonds. The van der Waals surface area contributed by atoms with Crippen molar-refractivity contribution in [2.75, 3.05) is 6.54 Å². The second-order valence-corrected chi connectivity index (χ2v) is 5.54. The highest BCUT2D eigenvalue weighted by Crippen LogP contribution is 2.11. The number of hydrogen-bond donors (Lipinski definition) is 0. The van der Waals surface area contributed by atoms with Crippen LogP contribution in [0.5, 0.6) is 0 Å². The van der Waals surface area contributed by atoms with Gasteiger partial charge in [-0.25, -0.2) is 4.21 Å². The fourth-order valence-electron chi connectivity index (χ4n) is 1.74. The Morgan fingerprint density at radius 2 is 1.64 bits per heavy atom. The molecule has 0 aliphatic carbocycles. The van der Waals surface area contributed by atoms with Crippen LogP contribution >= 0.6 is 0 Å². The number of nitrogens with zero attached hydrogens (tertiary/aromatic N) is 1. The van der Waals surface area contributed by atoms with Crippen molar-refractivity contribution < 1.29 is 18.3 Å². The average Bonchev–Trinajstić information content (AvgIpc) is 2.59. The Bertz CT molecular complexity index is 619. The van der Waals surface area contributed by atoms with Gasteiger partial charge in [0.05, 0.1) is 11.4 Å². The minimum absolute atomic E-state index is 0.333. The summed E-state index contributed by atoms with van der Waals surface area (Å²) in [4.78, 5) is 17.8. The van der Waals surface area contributed by atoms with Gasteiger partial charge in [0, 0.05) is 5.56 Å². The second kappa shape index (κ2) is 8.43. The molecule has 6 heteroatoms. The van der Waals surface area contributed by atoms with E-state index in [0.29, 0.717) is 23.4 Å². The molecule has 0 spiro atoms. The number of carbonyl (C=O) groups excluding carboxylic acids is 1. The molecule has 0 radical (unpaired) electrons. The number of amides is 1. The predicted octanol–water partition coefficient (Wildman–Crippen LogP) is 3.12. The molecule has 0 saturated carbocycles. The molecule has 0 saturated heterocycles. The summed E-state index contributed by atoms with van der Waals surface area (Å²) in [5, 5.41) is 1.07. The van der Waals surface area contributed by atoms with Crippen LogP contribution in [-0.2, 0) is 20.4 Å². The van der Waals surface area contributed by atoms with Crippen LogP contribution in [0.2, 0.25) is 0 Å². The van der Waals surface area contributed by atoms with Crippen molar-refractivity contribution in [3.63, 3.8) is 0 Å². The first kappa shape index (κ1) is 16.4. The Balaban J connectivity index is 2.00. The fourth-order valence-corrected chi connectivity index (χ4v) is 2.32. The van der Waals surface area contributed by atoms with Gasteiger partial charge < -0.3 is 0 Å². The van der Waals surface area contributed by atoms with Crippen LogP contribution in [0.25, 0.3) is 0 Å². The van der Waals surface area contributed by atoms with E-state index in [4.69, 9.17) is 9.32 Å². The van der Waals surface area contributed by atoms with E-state index in [1.807, 2.05) is 19.1 Å².